The summed E-state index contributed by atoms with van der Waals surface area (Å²) in [6, 6.07) is 23.4. The highest BCUT2D eigenvalue weighted by atomic mass is 32.2. The molecule has 0 fully saturated rings. The SMILES string of the molecule is CC(C)NS(=O)(=O)c1ccc(C(=O)Nc2ccccc2N(C)Cc2ccccc2)cc1. The first kappa shape index (κ1) is 22.5. The second-order valence-electron chi connectivity index (χ2n) is 7.61. The van der Waals surface area contributed by atoms with Crippen molar-refractivity contribution in [3.8, 4) is 0 Å². The summed E-state index contributed by atoms with van der Waals surface area (Å²) in [5.41, 5.74) is 3.12. The number of benzene rings is 3. The minimum Gasteiger partial charge on any atom is -0.369 e. The Hall–Kier alpha value is -3.16. The zero-order valence-electron chi connectivity index (χ0n) is 17.9. The van der Waals surface area contributed by atoms with E-state index in [1.165, 1.54) is 24.3 Å². The lowest BCUT2D eigenvalue weighted by atomic mass is 10.1. The molecule has 0 aromatic heterocycles. The molecule has 0 bridgehead atoms. The highest BCUT2D eigenvalue weighted by Gasteiger charge is 2.17. The van der Waals surface area contributed by atoms with Crippen LogP contribution in [-0.2, 0) is 16.6 Å². The Morgan fingerprint density at radius 1 is 0.903 bits per heavy atom. The summed E-state index contributed by atoms with van der Waals surface area (Å²) >= 11 is 0. The Labute approximate surface area is 184 Å². The van der Waals surface area contributed by atoms with Crippen LogP contribution in [0, 0.1) is 0 Å². The van der Waals surface area contributed by atoms with Gasteiger partial charge in [0, 0.05) is 25.2 Å². The fraction of sp³-hybridized carbons (Fsp3) is 0.208. The third-order valence-corrected chi connectivity index (χ3v) is 6.32. The summed E-state index contributed by atoms with van der Waals surface area (Å²) in [5, 5.41) is 2.94. The largest absolute Gasteiger partial charge is 0.369 e. The van der Waals surface area contributed by atoms with Crippen molar-refractivity contribution in [3.63, 3.8) is 0 Å². The molecule has 162 valence electrons. The molecule has 0 aliphatic heterocycles. The number of nitrogens with one attached hydrogen (secondary N) is 2. The van der Waals surface area contributed by atoms with Crippen molar-refractivity contribution in [2.45, 2.75) is 31.3 Å². The fourth-order valence-electron chi connectivity index (χ4n) is 3.21. The first-order valence-corrected chi connectivity index (χ1v) is 11.5. The van der Waals surface area contributed by atoms with Gasteiger partial charge in [-0.25, -0.2) is 13.1 Å². The second-order valence-corrected chi connectivity index (χ2v) is 9.33. The smallest absolute Gasteiger partial charge is 0.255 e. The minimum atomic E-state index is -3.60. The number of para-hydroxylation sites is 2. The molecular formula is C24H27N3O3S. The molecule has 0 unspecified atom stereocenters. The van der Waals surface area contributed by atoms with Crippen LogP contribution in [0.5, 0.6) is 0 Å². The van der Waals surface area contributed by atoms with Crippen LogP contribution < -0.4 is 14.9 Å². The fourth-order valence-corrected chi connectivity index (χ4v) is 4.46. The van der Waals surface area contributed by atoms with Crippen LogP contribution in [0.3, 0.4) is 0 Å². The summed E-state index contributed by atoms with van der Waals surface area (Å²) in [5.74, 6) is -0.304. The molecule has 0 saturated heterocycles. The van der Waals surface area contributed by atoms with Crippen molar-refractivity contribution in [2.24, 2.45) is 0 Å². The van der Waals surface area contributed by atoms with Crippen LogP contribution in [0.4, 0.5) is 11.4 Å². The molecule has 0 aliphatic carbocycles. The van der Waals surface area contributed by atoms with Crippen LogP contribution >= 0.6 is 0 Å². The van der Waals surface area contributed by atoms with Crippen molar-refractivity contribution in [1.82, 2.24) is 4.72 Å². The average molecular weight is 438 g/mol. The van der Waals surface area contributed by atoms with Crippen molar-refractivity contribution in [1.29, 1.82) is 0 Å². The first-order chi connectivity index (χ1) is 14.8. The predicted molar refractivity (Wildman–Crippen MR) is 125 cm³/mol. The van der Waals surface area contributed by atoms with Gasteiger partial charge in [-0.2, -0.15) is 0 Å². The Kier molecular flexibility index (Phi) is 7.09. The molecule has 2 N–H and O–H groups in total. The molecule has 3 aromatic rings. The third kappa shape index (κ3) is 5.93. The van der Waals surface area contributed by atoms with Gasteiger partial charge in [0.15, 0.2) is 0 Å². The lowest BCUT2D eigenvalue weighted by Gasteiger charge is -2.23. The summed E-state index contributed by atoms with van der Waals surface area (Å²) < 4.78 is 27.1. The Balaban J connectivity index is 1.75. The number of carbonyl (C=O) groups is 1. The third-order valence-electron chi connectivity index (χ3n) is 4.64. The molecule has 7 heteroatoms. The van der Waals surface area contributed by atoms with Crippen LogP contribution in [0.25, 0.3) is 0 Å². The first-order valence-electron chi connectivity index (χ1n) is 10.0. The van der Waals surface area contributed by atoms with Gasteiger partial charge in [0.2, 0.25) is 10.0 Å². The Bertz CT molecular complexity index is 1130. The van der Waals surface area contributed by atoms with Crippen molar-refractivity contribution in [3.05, 3.63) is 90.0 Å². The molecule has 0 atom stereocenters. The van der Waals surface area contributed by atoms with Crippen LogP contribution in [0.15, 0.2) is 83.8 Å². The summed E-state index contributed by atoms with van der Waals surface area (Å²) in [6.07, 6.45) is 0. The van der Waals surface area contributed by atoms with E-state index >= 15 is 0 Å². The van der Waals surface area contributed by atoms with Crippen molar-refractivity contribution < 1.29 is 13.2 Å². The normalized spacial score (nSPS) is 11.4. The maximum absolute atomic E-state index is 12.8. The summed E-state index contributed by atoms with van der Waals surface area (Å²) in [4.78, 5) is 15.0. The van der Waals surface area contributed by atoms with E-state index in [2.05, 4.69) is 27.1 Å². The van der Waals surface area contributed by atoms with E-state index in [1.54, 1.807) is 13.8 Å². The Morgan fingerprint density at radius 3 is 2.16 bits per heavy atom. The number of nitrogens with zero attached hydrogens (tertiary/aromatic N) is 1. The molecule has 3 rings (SSSR count). The maximum atomic E-state index is 12.8. The number of sulfonamides is 1. The van der Waals surface area contributed by atoms with Gasteiger partial charge in [0.1, 0.15) is 0 Å². The van der Waals surface area contributed by atoms with Crippen LogP contribution in [0.2, 0.25) is 0 Å². The minimum absolute atomic E-state index is 0.126. The zero-order valence-corrected chi connectivity index (χ0v) is 18.7. The number of carbonyl (C=O) groups excluding carboxylic acids is 1. The van der Waals surface area contributed by atoms with E-state index in [0.29, 0.717) is 17.8 Å². The number of hydrogen-bond donors (Lipinski definition) is 2. The molecule has 31 heavy (non-hydrogen) atoms. The number of hydrogen-bond acceptors (Lipinski definition) is 4. The number of rotatable bonds is 8. The highest BCUT2D eigenvalue weighted by Crippen LogP contribution is 2.26. The van der Waals surface area contributed by atoms with Gasteiger partial charge in [-0.15, -0.1) is 0 Å². The lowest BCUT2D eigenvalue weighted by Crippen LogP contribution is -2.30. The molecule has 0 heterocycles. The van der Waals surface area contributed by atoms with Crippen molar-refractivity contribution >= 4 is 27.3 Å². The molecule has 0 spiro atoms. The van der Waals surface area contributed by atoms with Gasteiger partial charge in [-0.3, -0.25) is 4.79 Å². The number of anilines is 2. The van der Waals surface area contributed by atoms with Gasteiger partial charge >= 0.3 is 0 Å². The van der Waals surface area contributed by atoms with Gasteiger partial charge < -0.3 is 10.2 Å². The molecular weight excluding hydrogens is 410 g/mol. The standard InChI is InChI=1S/C24H27N3O3S/c1-18(2)26-31(29,30)21-15-13-20(14-16-21)24(28)25-22-11-7-8-12-23(22)27(3)17-19-9-5-4-6-10-19/h4-16,18,26H,17H2,1-3H3,(H,25,28). The second kappa shape index (κ2) is 9.76. The monoisotopic (exact) mass is 437 g/mol. The van der Waals surface area contributed by atoms with Gasteiger partial charge in [0.05, 0.1) is 16.3 Å². The van der Waals surface area contributed by atoms with E-state index in [4.69, 9.17) is 0 Å². The molecule has 0 radical (unpaired) electrons. The average Bonchev–Trinajstić information content (AvgIpc) is 2.74. The van der Waals surface area contributed by atoms with Crippen LogP contribution in [-0.4, -0.2) is 27.4 Å². The quantitative estimate of drug-likeness (QED) is 0.552. The van der Waals surface area contributed by atoms with E-state index in [1.807, 2.05) is 49.5 Å². The maximum Gasteiger partial charge on any atom is 0.255 e. The van der Waals surface area contributed by atoms with Crippen LogP contribution in [0.1, 0.15) is 29.8 Å². The van der Waals surface area contributed by atoms with Gasteiger partial charge in [0.25, 0.3) is 5.91 Å². The molecule has 0 saturated carbocycles. The summed E-state index contributed by atoms with van der Waals surface area (Å²) in [7, 11) is -1.63. The van der Waals surface area contributed by atoms with Gasteiger partial charge in [-0.05, 0) is 55.8 Å². The predicted octanol–water partition coefficient (Wildman–Crippen LogP) is 4.26. The van der Waals surface area contributed by atoms with Gasteiger partial charge in [-0.1, -0.05) is 42.5 Å². The molecule has 6 nitrogen and oxygen atoms in total. The van der Waals surface area contributed by atoms with E-state index < -0.39 is 10.0 Å². The van der Waals surface area contributed by atoms with E-state index in [0.717, 1.165) is 11.3 Å². The topological polar surface area (TPSA) is 78.5 Å². The number of amides is 1. The summed E-state index contributed by atoms with van der Waals surface area (Å²) in [6.45, 7) is 4.21. The Morgan fingerprint density at radius 2 is 1.52 bits per heavy atom. The molecule has 3 aromatic carbocycles. The highest BCUT2D eigenvalue weighted by molar-refractivity contribution is 7.89. The van der Waals surface area contributed by atoms with E-state index in [9.17, 15) is 13.2 Å². The molecule has 1 amide bonds. The van der Waals surface area contributed by atoms with Crippen molar-refractivity contribution in [2.75, 3.05) is 17.3 Å². The zero-order chi connectivity index (χ0) is 22.4. The van der Waals surface area contributed by atoms with E-state index in [-0.39, 0.29) is 16.8 Å². The molecule has 0 aliphatic rings. The lowest BCUT2D eigenvalue weighted by molar-refractivity contribution is 0.102.